The Morgan fingerprint density at radius 1 is 0.727 bits per heavy atom. The van der Waals surface area contributed by atoms with Gasteiger partial charge in [-0.3, -0.25) is 28.9 Å². The van der Waals surface area contributed by atoms with Crippen molar-refractivity contribution < 1.29 is 81.7 Å². The Morgan fingerprint density at radius 3 is 1.92 bits per heavy atom. The number of carbonyl (C=O) groups is 7. The predicted molar refractivity (Wildman–Crippen MR) is 271 cm³/mol. The van der Waals surface area contributed by atoms with E-state index in [-0.39, 0.29) is 36.2 Å². The molecule has 9 rings (SSSR count). The number of esters is 5. The molecule has 2 N–H and O–H groups in total. The number of aliphatic hydroxyl groups is 1. The van der Waals surface area contributed by atoms with Crippen LogP contribution in [0.15, 0.2) is 126 Å². The molecule has 4 fully saturated rings. The van der Waals surface area contributed by atoms with Gasteiger partial charge in [0.2, 0.25) is 0 Å². The van der Waals surface area contributed by atoms with Gasteiger partial charge in [-0.25, -0.2) is 9.59 Å². The molecule has 3 aliphatic carbocycles. The molecule has 0 spiro atoms. The molecule has 2 saturated heterocycles. The van der Waals surface area contributed by atoms with Crippen LogP contribution in [0.1, 0.15) is 118 Å². The van der Waals surface area contributed by atoms with E-state index < -0.39 is 138 Å². The summed E-state index contributed by atoms with van der Waals surface area (Å²) in [5, 5.41) is 23.9. The molecule has 18 nitrogen and oxygen atoms in total. The topological polar surface area (TPSA) is 237 Å². The third kappa shape index (κ3) is 9.75. The molecule has 0 radical (unpaired) electrons. The second-order valence-electron chi connectivity index (χ2n) is 21.3. The molecule has 18 heteroatoms. The van der Waals surface area contributed by atoms with Crippen molar-refractivity contribution >= 4 is 41.7 Å². The first kappa shape index (κ1) is 54.4. The minimum Gasteiger partial charge on any atom is -0.497 e. The van der Waals surface area contributed by atoms with E-state index in [1.54, 1.807) is 131 Å². The van der Waals surface area contributed by atoms with Crippen molar-refractivity contribution in [1.29, 1.82) is 0 Å². The van der Waals surface area contributed by atoms with Crippen LogP contribution in [0, 0.1) is 16.7 Å². The van der Waals surface area contributed by atoms with E-state index in [9.17, 15) is 39.0 Å². The van der Waals surface area contributed by atoms with E-state index in [0.29, 0.717) is 22.4 Å². The van der Waals surface area contributed by atoms with Crippen molar-refractivity contribution in [1.82, 2.24) is 4.90 Å². The van der Waals surface area contributed by atoms with Crippen molar-refractivity contribution in [2.45, 2.75) is 134 Å². The smallest absolute Gasteiger partial charge is 0.338 e. The van der Waals surface area contributed by atoms with Gasteiger partial charge >= 0.3 is 35.8 Å². The second-order valence-corrected chi connectivity index (χ2v) is 21.3. The largest absolute Gasteiger partial charge is 0.497 e. The number of carboxylic acids is 1. The van der Waals surface area contributed by atoms with Crippen LogP contribution < -0.4 is 4.74 Å². The first-order chi connectivity index (χ1) is 36.6. The van der Waals surface area contributed by atoms with Gasteiger partial charge in [-0.2, -0.15) is 0 Å². The fraction of sp³-hybridized carbons (Fsp3) is 0.441. The zero-order chi connectivity index (χ0) is 55.2. The van der Waals surface area contributed by atoms with Crippen molar-refractivity contribution in [2.24, 2.45) is 16.7 Å². The van der Waals surface area contributed by atoms with Crippen LogP contribution in [0.5, 0.6) is 5.75 Å². The molecule has 406 valence electrons. The van der Waals surface area contributed by atoms with Crippen LogP contribution in [0.2, 0.25) is 0 Å². The van der Waals surface area contributed by atoms with Crippen LogP contribution in [-0.4, -0.2) is 118 Å². The summed E-state index contributed by atoms with van der Waals surface area (Å²) in [5.74, 6) is -6.93. The zero-order valence-corrected chi connectivity index (χ0v) is 43.9. The molecular weight excluding hydrogens is 995 g/mol. The van der Waals surface area contributed by atoms with Gasteiger partial charge in [-0.15, -0.1) is 0 Å². The SMILES string of the molecule is COc1ccc([C@@H]2O[C@@H](C(=O)O[C@H]3C[C@@]4(O)[C@@H](OC(=O)c5ccccc5)[C@H]5[C@@](C)(CC[C@H]6OC[C@]65OC(C)=O)[C@@H](OC(=O)CCC(=O)O)[C@H](OC(C)=O)C(=C3C)C4(C)C)[C@H](c3ccccc3)N2C(=O)c2ccccc2)cc1. The number of aliphatic carboxylic acids is 1. The van der Waals surface area contributed by atoms with Crippen LogP contribution >= 0.6 is 0 Å². The Kier molecular flexibility index (Phi) is 15.0. The number of hydrogen-bond donors (Lipinski definition) is 2. The number of carboxylic acid groups (broad SMARTS) is 1. The first-order valence-corrected chi connectivity index (χ1v) is 25.7. The van der Waals surface area contributed by atoms with Crippen LogP contribution in [-0.2, 0) is 57.1 Å². The van der Waals surface area contributed by atoms with E-state index >= 15 is 4.79 Å². The number of benzene rings is 4. The zero-order valence-electron chi connectivity index (χ0n) is 43.9. The molecule has 1 amide bonds. The Balaban J connectivity index is 1.24. The van der Waals surface area contributed by atoms with Crippen LogP contribution in [0.25, 0.3) is 0 Å². The average molecular weight is 1060 g/mol. The number of carbonyl (C=O) groups excluding carboxylic acids is 6. The molecular formula is C59H63NO17. The Bertz CT molecular complexity index is 2950. The Morgan fingerprint density at radius 2 is 1.35 bits per heavy atom. The molecule has 2 heterocycles. The van der Waals surface area contributed by atoms with Gasteiger partial charge in [-0.05, 0) is 72.9 Å². The van der Waals surface area contributed by atoms with Crippen molar-refractivity contribution in [3.63, 3.8) is 0 Å². The van der Waals surface area contributed by atoms with Crippen molar-refractivity contribution in [3.8, 4) is 5.75 Å². The number of methoxy groups -OCH3 is 1. The van der Waals surface area contributed by atoms with Crippen molar-refractivity contribution in [3.05, 3.63) is 149 Å². The molecule has 4 aromatic rings. The number of nitrogens with zero attached hydrogens (tertiary/aromatic N) is 1. The molecule has 5 aliphatic rings. The summed E-state index contributed by atoms with van der Waals surface area (Å²) in [7, 11) is 1.52. The summed E-state index contributed by atoms with van der Waals surface area (Å²) < 4.78 is 50.8. The summed E-state index contributed by atoms with van der Waals surface area (Å²) in [6, 6.07) is 31.1. The van der Waals surface area contributed by atoms with E-state index in [1.807, 2.05) is 0 Å². The maximum atomic E-state index is 15.6. The molecule has 2 aliphatic heterocycles. The van der Waals surface area contributed by atoms with Gasteiger partial charge < -0.3 is 48.1 Å². The third-order valence-electron chi connectivity index (χ3n) is 16.5. The minimum atomic E-state index is -2.35. The van der Waals surface area contributed by atoms with Crippen molar-refractivity contribution in [2.75, 3.05) is 13.7 Å². The highest BCUT2D eigenvalue weighted by Gasteiger charge is 2.77. The lowest BCUT2D eigenvalue weighted by Gasteiger charge is -2.68. The maximum absolute atomic E-state index is 15.6. The summed E-state index contributed by atoms with van der Waals surface area (Å²) in [4.78, 5) is 99.8. The number of fused-ring (bicyclic) bond motifs is 5. The number of rotatable bonds is 14. The number of amides is 1. The second kappa shape index (κ2) is 21.2. The Labute approximate surface area is 445 Å². The monoisotopic (exact) mass is 1060 g/mol. The normalized spacial score (nSPS) is 30.9. The van der Waals surface area contributed by atoms with Gasteiger partial charge in [0, 0.05) is 42.2 Å². The lowest BCUT2D eigenvalue weighted by atomic mass is 9.45. The number of hydrogen-bond acceptors (Lipinski definition) is 16. The maximum Gasteiger partial charge on any atom is 0.338 e. The van der Waals surface area contributed by atoms with Gasteiger partial charge in [0.15, 0.2) is 24.0 Å². The molecule has 77 heavy (non-hydrogen) atoms. The summed E-state index contributed by atoms with van der Waals surface area (Å²) in [6.45, 7) is 8.73. The van der Waals surface area contributed by atoms with Gasteiger partial charge in [0.05, 0.1) is 44.1 Å². The average Bonchev–Trinajstić information content (AvgIpc) is 3.99. The van der Waals surface area contributed by atoms with Gasteiger partial charge in [-0.1, -0.05) is 99.6 Å². The molecule has 0 unspecified atom stereocenters. The minimum absolute atomic E-state index is 0.0914. The van der Waals surface area contributed by atoms with Gasteiger partial charge in [0.25, 0.3) is 5.91 Å². The van der Waals surface area contributed by atoms with Gasteiger partial charge in [0.1, 0.15) is 35.8 Å². The summed E-state index contributed by atoms with van der Waals surface area (Å²) in [5.41, 5.74) is -5.37. The molecule has 12 atom stereocenters. The van der Waals surface area contributed by atoms with E-state index in [0.717, 1.165) is 6.92 Å². The predicted octanol–water partition coefficient (Wildman–Crippen LogP) is 7.43. The summed E-state index contributed by atoms with van der Waals surface area (Å²) in [6.07, 6.45) is -11.3. The lowest BCUT2D eigenvalue weighted by Crippen LogP contribution is -2.80. The van der Waals surface area contributed by atoms with E-state index in [2.05, 4.69) is 0 Å². The number of ether oxygens (including phenoxy) is 8. The standard InChI is InChI=1S/C59H63NO17/c1-33-41(73-55(68)48-46(36-17-11-8-12-18-36)60(52(66)37-19-13-9-14-20-37)53(75-48)38-23-25-40(70-7)26-24-38)31-59(69)51(76-54(67)39-21-15-10-16-22-39)49-57(6,30-29-42-58(49,32-71-42)77-35(3)62)50(74-44(65)28-27-43(63)64)47(72-34(2)61)45(33)56(59,4)5/h8-26,41-42,46-51,53,69H,27-32H2,1-7H3,(H,63,64)/t41-,42+,46-,47+,48+,49-,50-,51-,53-,57+,58-,59+/m0/s1. The molecule has 2 bridgehead atoms. The fourth-order valence-electron chi connectivity index (χ4n) is 12.8. The highest BCUT2D eigenvalue weighted by atomic mass is 16.6. The highest BCUT2D eigenvalue weighted by molar-refractivity contribution is 5.96. The first-order valence-electron chi connectivity index (χ1n) is 25.7. The van der Waals surface area contributed by atoms with Crippen LogP contribution in [0.3, 0.4) is 0 Å². The fourth-order valence-corrected chi connectivity index (χ4v) is 12.8. The summed E-state index contributed by atoms with van der Waals surface area (Å²) >= 11 is 0. The Hall–Kier alpha value is -7.41. The molecule has 0 aromatic heterocycles. The van der Waals surface area contributed by atoms with E-state index in [4.69, 9.17) is 37.9 Å². The molecule has 4 aromatic carbocycles. The quantitative estimate of drug-likeness (QED) is 0.0709. The molecule has 2 saturated carbocycles. The van der Waals surface area contributed by atoms with Crippen LogP contribution in [0.4, 0.5) is 0 Å². The lowest BCUT2D eigenvalue weighted by molar-refractivity contribution is -0.349. The third-order valence-corrected chi connectivity index (χ3v) is 16.5. The highest BCUT2D eigenvalue weighted by Crippen LogP contribution is 2.66. The van der Waals surface area contributed by atoms with E-state index in [1.165, 1.54) is 31.1 Å².